The van der Waals surface area contributed by atoms with E-state index in [1.165, 1.54) is 12.7 Å². The average molecular weight is 265 g/mol. The molecule has 1 N–H and O–H groups in total. The lowest BCUT2D eigenvalue weighted by molar-refractivity contribution is -0.148. The van der Waals surface area contributed by atoms with Gasteiger partial charge in [0.1, 0.15) is 11.3 Å². The van der Waals surface area contributed by atoms with E-state index in [2.05, 4.69) is 5.32 Å². The van der Waals surface area contributed by atoms with Crippen molar-refractivity contribution in [2.75, 3.05) is 20.8 Å². The van der Waals surface area contributed by atoms with E-state index >= 15 is 0 Å². The number of esters is 1. The lowest BCUT2D eigenvalue weighted by Crippen LogP contribution is -2.48. The molecule has 1 atom stereocenters. The Labute approximate surface area is 115 Å². The van der Waals surface area contributed by atoms with Crippen LogP contribution in [0.1, 0.15) is 25.3 Å². The molecular formula is C15H23NO3. The summed E-state index contributed by atoms with van der Waals surface area (Å²) < 4.78 is 10.4. The summed E-state index contributed by atoms with van der Waals surface area (Å²) in [5, 5.41) is 3.01. The number of carbonyl (C=O) groups is 1. The number of aryl methyl sites for hydroxylation is 1. The zero-order valence-corrected chi connectivity index (χ0v) is 12.2. The van der Waals surface area contributed by atoms with Crippen LogP contribution in [0.5, 0.6) is 5.75 Å². The second kappa shape index (κ2) is 7.14. The predicted molar refractivity (Wildman–Crippen MR) is 75.4 cm³/mol. The largest absolute Gasteiger partial charge is 0.494 e. The molecule has 0 aromatic heterocycles. The molecule has 0 aliphatic carbocycles. The van der Waals surface area contributed by atoms with E-state index < -0.39 is 5.54 Å². The van der Waals surface area contributed by atoms with Crippen LogP contribution in [0.25, 0.3) is 0 Å². The van der Waals surface area contributed by atoms with Crippen molar-refractivity contribution < 1.29 is 14.3 Å². The van der Waals surface area contributed by atoms with Crippen molar-refractivity contribution in [1.29, 1.82) is 0 Å². The number of nitrogens with one attached hydrogen (secondary N) is 1. The van der Waals surface area contributed by atoms with Gasteiger partial charge < -0.3 is 14.8 Å². The SMILES string of the molecule is CNC(C)(CCCOc1ccc(C)cc1)C(=O)OC. The highest BCUT2D eigenvalue weighted by molar-refractivity contribution is 5.80. The summed E-state index contributed by atoms with van der Waals surface area (Å²) in [6, 6.07) is 7.93. The number of methoxy groups -OCH3 is 1. The molecule has 1 aromatic carbocycles. The maximum absolute atomic E-state index is 11.6. The van der Waals surface area contributed by atoms with Crippen LogP contribution in [0, 0.1) is 6.92 Å². The fraction of sp³-hybridized carbons (Fsp3) is 0.533. The van der Waals surface area contributed by atoms with E-state index in [0.717, 1.165) is 12.2 Å². The summed E-state index contributed by atoms with van der Waals surface area (Å²) in [7, 11) is 3.17. The first kappa shape index (κ1) is 15.5. The molecule has 19 heavy (non-hydrogen) atoms. The summed E-state index contributed by atoms with van der Waals surface area (Å²) >= 11 is 0. The topological polar surface area (TPSA) is 47.6 Å². The second-order valence-corrected chi connectivity index (χ2v) is 4.84. The van der Waals surface area contributed by atoms with Crippen molar-refractivity contribution in [1.82, 2.24) is 5.32 Å². The smallest absolute Gasteiger partial charge is 0.325 e. The maximum atomic E-state index is 11.6. The molecule has 0 radical (unpaired) electrons. The number of likely N-dealkylation sites (N-methyl/N-ethyl adjacent to an activating group) is 1. The summed E-state index contributed by atoms with van der Waals surface area (Å²) in [5.74, 6) is 0.611. The first-order chi connectivity index (χ1) is 9.01. The molecule has 1 rings (SSSR count). The summed E-state index contributed by atoms with van der Waals surface area (Å²) in [4.78, 5) is 11.6. The normalized spacial score (nSPS) is 13.7. The van der Waals surface area contributed by atoms with Crippen LogP contribution in [0.2, 0.25) is 0 Å². The molecule has 0 heterocycles. The van der Waals surface area contributed by atoms with Crippen LogP contribution in [-0.4, -0.2) is 32.3 Å². The highest BCUT2D eigenvalue weighted by Crippen LogP contribution is 2.16. The highest BCUT2D eigenvalue weighted by atomic mass is 16.5. The molecule has 0 saturated heterocycles. The van der Waals surface area contributed by atoms with Gasteiger partial charge in [0.2, 0.25) is 0 Å². The first-order valence-corrected chi connectivity index (χ1v) is 6.48. The molecule has 0 amide bonds. The Hall–Kier alpha value is -1.55. The van der Waals surface area contributed by atoms with Gasteiger partial charge in [-0.1, -0.05) is 17.7 Å². The monoisotopic (exact) mass is 265 g/mol. The Kier molecular flexibility index (Phi) is 5.83. The third-order valence-electron chi connectivity index (χ3n) is 3.30. The van der Waals surface area contributed by atoms with Gasteiger partial charge in [-0.05, 0) is 45.9 Å². The number of ether oxygens (including phenoxy) is 2. The quantitative estimate of drug-likeness (QED) is 0.607. The van der Waals surface area contributed by atoms with Gasteiger partial charge in [-0.25, -0.2) is 0 Å². The fourth-order valence-corrected chi connectivity index (χ4v) is 1.80. The van der Waals surface area contributed by atoms with E-state index in [1.807, 2.05) is 38.1 Å². The molecule has 1 aromatic rings. The maximum Gasteiger partial charge on any atom is 0.325 e. The van der Waals surface area contributed by atoms with Crippen LogP contribution >= 0.6 is 0 Å². The molecule has 0 bridgehead atoms. The van der Waals surface area contributed by atoms with E-state index in [1.54, 1.807) is 7.05 Å². The predicted octanol–water partition coefficient (Wildman–Crippen LogP) is 2.31. The van der Waals surface area contributed by atoms with Crippen molar-refractivity contribution >= 4 is 5.97 Å². The van der Waals surface area contributed by atoms with E-state index in [4.69, 9.17) is 9.47 Å². The van der Waals surface area contributed by atoms with Crippen molar-refractivity contribution in [2.24, 2.45) is 0 Å². The van der Waals surface area contributed by atoms with Crippen molar-refractivity contribution in [3.05, 3.63) is 29.8 Å². The molecule has 0 aliphatic heterocycles. The van der Waals surface area contributed by atoms with Crippen LogP contribution in [-0.2, 0) is 9.53 Å². The second-order valence-electron chi connectivity index (χ2n) is 4.84. The summed E-state index contributed by atoms with van der Waals surface area (Å²) in [6.07, 6.45) is 1.45. The van der Waals surface area contributed by atoms with E-state index in [-0.39, 0.29) is 5.97 Å². The van der Waals surface area contributed by atoms with Crippen LogP contribution in [0.15, 0.2) is 24.3 Å². The van der Waals surface area contributed by atoms with Crippen molar-refractivity contribution in [2.45, 2.75) is 32.2 Å². The minimum Gasteiger partial charge on any atom is -0.494 e. The van der Waals surface area contributed by atoms with Gasteiger partial charge in [0.05, 0.1) is 13.7 Å². The fourth-order valence-electron chi connectivity index (χ4n) is 1.80. The van der Waals surface area contributed by atoms with Gasteiger partial charge in [-0.3, -0.25) is 4.79 Å². The Balaban J connectivity index is 2.37. The molecule has 0 spiro atoms. The number of hydrogen-bond acceptors (Lipinski definition) is 4. The van der Waals surface area contributed by atoms with E-state index in [0.29, 0.717) is 13.0 Å². The summed E-state index contributed by atoms with van der Waals surface area (Å²) in [5.41, 5.74) is 0.562. The minimum atomic E-state index is -0.647. The number of hydrogen-bond donors (Lipinski definition) is 1. The molecular weight excluding hydrogens is 242 g/mol. The van der Waals surface area contributed by atoms with Gasteiger partial charge in [0, 0.05) is 0 Å². The zero-order valence-electron chi connectivity index (χ0n) is 12.2. The molecule has 0 fully saturated rings. The highest BCUT2D eigenvalue weighted by Gasteiger charge is 2.31. The van der Waals surface area contributed by atoms with Crippen LogP contribution < -0.4 is 10.1 Å². The zero-order chi connectivity index (χ0) is 14.3. The molecule has 4 nitrogen and oxygen atoms in total. The Morgan fingerprint density at radius 1 is 1.32 bits per heavy atom. The molecule has 0 saturated carbocycles. The number of rotatable bonds is 7. The third-order valence-corrected chi connectivity index (χ3v) is 3.30. The van der Waals surface area contributed by atoms with Gasteiger partial charge >= 0.3 is 5.97 Å². The Morgan fingerprint density at radius 3 is 2.47 bits per heavy atom. The van der Waals surface area contributed by atoms with Crippen molar-refractivity contribution in [3.8, 4) is 5.75 Å². The van der Waals surface area contributed by atoms with Gasteiger partial charge in [0.25, 0.3) is 0 Å². The van der Waals surface area contributed by atoms with Gasteiger partial charge in [0.15, 0.2) is 0 Å². The Bertz CT molecular complexity index is 402. The van der Waals surface area contributed by atoms with Crippen molar-refractivity contribution in [3.63, 3.8) is 0 Å². The Morgan fingerprint density at radius 2 is 1.95 bits per heavy atom. The molecule has 4 heteroatoms. The summed E-state index contributed by atoms with van der Waals surface area (Å²) in [6.45, 7) is 4.46. The lowest BCUT2D eigenvalue weighted by atomic mass is 9.96. The number of carbonyl (C=O) groups excluding carboxylic acids is 1. The molecule has 0 aliphatic rings. The molecule has 1 unspecified atom stereocenters. The standard InChI is InChI=1S/C15H23NO3/c1-12-6-8-13(9-7-12)19-11-5-10-15(2,16-3)14(17)18-4/h6-9,16H,5,10-11H2,1-4H3. The lowest BCUT2D eigenvalue weighted by Gasteiger charge is -2.25. The third kappa shape index (κ3) is 4.56. The van der Waals surface area contributed by atoms with Crippen LogP contribution in [0.3, 0.4) is 0 Å². The first-order valence-electron chi connectivity index (χ1n) is 6.48. The van der Waals surface area contributed by atoms with Crippen LogP contribution in [0.4, 0.5) is 0 Å². The average Bonchev–Trinajstić information content (AvgIpc) is 2.44. The molecule has 106 valence electrons. The van der Waals surface area contributed by atoms with Gasteiger partial charge in [-0.2, -0.15) is 0 Å². The number of benzene rings is 1. The minimum absolute atomic E-state index is 0.245. The van der Waals surface area contributed by atoms with Gasteiger partial charge in [-0.15, -0.1) is 0 Å². The van der Waals surface area contributed by atoms with E-state index in [9.17, 15) is 4.79 Å².